The van der Waals surface area contributed by atoms with Crippen molar-refractivity contribution in [1.29, 1.82) is 0 Å². The zero-order chi connectivity index (χ0) is 11.5. The van der Waals surface area contributed by atoms with Crippen LogP contribution in [0.3, 0.4) is 0 Å². The number of rotatable bonds is 3. The summed E-state index contributed by atoms with van der Waals surface area (Å²) in [7, 11) is 0. The van der Waals surface area contributed by atoms with Crippen molar-refractivity contribution >= 4 is 23.6 Å². The minimum atomic E-state index is -0.730. The molecule has 1 aliphatic carbocycles. The molecular weight excluding hydrogens is 226 g/mol. The fourth-order valence-electron chi connectivity index (χ4n) is 2.42. The number of aliphatic carboxylic acids is 1. The fraction of sp³-hybridized carbons (Fsp3) is 0.818. The topological polar surface area (TPSA) is 66.4 Å². The maximum absolute atomic E-state index is 11.8. The van der Waals surface area contributed by atoms with Crippen molar-refractivity contribution in [3.63, 3.8) is 0 Å². The van der Waals surface area contributed by atoms with Crippen molar-refractivity contribution in [2.75, 3.05) is 5.75 Å². The van der Waals surface area contributed by atoms with Gasteiger partial charge in [-0.05, 0) is 37.9 Å². The first kappa shape index (κ1) is 11.8. The number of carboxylic acid groups (broad SMARTS) is 1. The average Bonchev–Trinajstić information content (AvgIpc) is 2.87. The van der Waals surface area contributed by atoms with E-state index in [-0.39, 0.29) is 23.1 Å². The van der Waals surface area contributed by atoms with Crippen LogP contribution in [-0.4, -0.2) is 34.0 Å². The summed E-state index contributed by atoms with van der Waals surface area (Å²) in [4.78, 5) is 22.6. The SMILES string of the molecule is O=C(N[C@H]1CC[C@@H](C(=O)O)C1)C1CCCS1. The molecular formula is C11H17NO3S. The lowest BCUT2D eigenvalue weighted by Gasteiger charge is -2.15. The zero-order valence-electron chi connectivity index (χ0n) is 9.15. The molecule has 1 unspecified atom stereocenters. The summed E-state index contributed by atoms with van der Waals surface area (Å²) in [6, 6.07) is 0.0785. The van der Waals surface area contributed by atoms with Crippen LogP contribution in [-0.2, 0) is 9.59 Å². The Labute approximate surface area is 99.2 Å². The molecule has 2 rings (SSSR count). The van der Waals surface area contributed by atoms with E-state index in [0.717, 1.165) is 25.0 Å². The Balaban J connectivity index is 1.78. The van der Waals surface area contributed by atoms with E-state index in [9.17, 15) is 9.59 Å². The van der Waals surface area contributed by atoms with Gasteiger partial charge in [-0.3, -0.25) is 9.59 Å². The van der Waals surface area contributed by atoms with Crippen molar-refractivity contribution in [2.24, 2.45) is 5.92 Å². The number of hydrogen-bond acceptors (Lipinski definition) is 3. The van der Waals surface area contributed by atoms with Gasteiger partial charge >= 0.3 is 5.97 Å². The van der Waals surface area contributed by atoms with Crippen LogP contribution in [0.1, 0.15) is 32.1 Å². The molecule has 0 aromatic heterocycles. The van der Waals surface area contributed by atoms with Gasteiger partial charge in [-0.1, -0.05) is 0 Å². The Morgan fingerprint density at radius 3 is 2.62 bits per heavy atom. The summed E-state index contributed by atoms with van der Waals surface area (Å²) in [6.45, 7) is 0. The van der Waals surface area contributed by atoms with Gasteiger partial charge in [0, 0.05) is 6.04 Å². The molecule has 3 atom stereocenters. The maximum Gasteiger partial charge on any atom is 0.306 e. The molecule has 1 aliphatic heterocycles. The summed E-state index contributed by atoms with van der Waals surface area (Å²) in [6.07, 6.45) is 4.17. The van der Waals surface area contributed by atoms with Gasteiger partial charge in [0.1, 0.15) is 0 Å². The van der Waals surface area contributed by atoms with Gasteiger partial charge in [0.2, 0.25) is 5.91 Å². The lowest BCUT2D eigenvalue weighted by molar-refractivity contribution is -0.141. The molecule has 0 spiro atoms. The van der Waals surface area contributed by atoms with Gasteiger partial charge < -0.3 is 10.4 Å². The number of carbonyl (C=O) groups is 2. The maximum atomic E-state index is 11.8. The van der Waals surface area contributed by atoms with Crippen LogP contribution in [0.2, 0.25) is 0 Å². The van der Waals surface area contributed by atoms with Crippen LogP contribution >= 0.6 is 11.8 Å². The van der Waals surface area contributed by atoms with Gasteiger partial charge in [0.25, 0.3) is 0 Å². The molecule has 2 fully saturated rings. The zero-order valence-corrected chi connectivity index (χ0v) is 9.96. The van der Waals surface area contributed by atoms with Crippen LogP contribution in [0.5, 0.6) is 0 Å². The molecule has 2 N–H and O–H groups in total. The number of nitrogens with one attached hydrogen (secondary N) is 1. The number of thioether (sulfide) groups is 1. The fourth-order valence-corrected chi connectivity index (χ4v) is 3.59. The van der Waals surface area contributed by atoms with Crippen molar-refractivity contribution in [2.45, 2.75) is 43.4 Å². The third kappa shape index (κ3) is 2.70. The summed E-state index contributed by atoms with van der Waals surface area (Å²) in [5.41, 5.74) is 0. The highest BCUT2D eigenvalue weighted by atomic mass is 32.2. The van der Waals surface area contributed by atoms with E-state index in [1.165, 1.54) is 0 Å². The van der Waals surface area contributed by atoms with E-state index in [0.29, 0.717) is 12.8 Å². The van der Waals surface area contributed by atoms with Crippen molar-refractivity contribution in [1.82, 2.24) is 5.32 Å². The minimum Gasteiger partial charge on any atom is -0.481 e. The highest BCUT2D eigenvalue weighted by molar-refractivity contribution is 8.00. The summed E-state index contributed by atoms with van der Waals surface area (Å²) in [5.74, 6) is 0.188. The Kier molecular flexibility index (Phi) is 3.74. The van der Waals surface area contributed by atoms with Crippen LogP contribution in [0.25, 0.3) is 0 Å². The molecule has 5 heteroatoms. The second-order valence-electron chi connectivity index (χ2n) is 4.56. The molecule has 0 aromatic rings. The molecule has 0 bridgehead atoms. The molecule has 90 valence electrons. The van der Waals surface area contributed by atoms with E-state index >= 15 is 0 Å². The first-order chi connectivity index (χ1) is 7.66. The quantitative estimate of drug-likeness (QED) is 0.783. The highest BCUT2D eigenvalue weighted by Crippen LogP contribution is 2.29. The molecule has 0 aromatic carbocycles. The van der Waals surface area contributed by atoms with Gasteiger partial charge in [0.05, 0.1) is 11.2 Å². The van der Waals surface area contributed by atoms with E-state index in [1.807, 2.05) is 0 Å². The highest BCUT2D eigenvalue weighted by Gasteiger charge is 2.32. The Morgan fingerprint density at radius 1 is 1.25 bits per heavy atom. The lowest BCUT2D eigenvalue weighted by Crippen LogP contribution is -2.38. The van der Waals surface area contributed by atoms with Crippen LogP contribution in [0.4, 0.5) is 0 Å². The number of carboxylic acids is 1. The van der Waals surface area contributed by atoms with Gasteiger partial charge in [-0.25, -0.2) is 0 Å². The molecule has 1 saturated heterocycles. The molecule has 4 nitrogen and oxygen atoms in total. The Hall–Kier alpha value is -0.710. The first-order valence-corrected chi connectivity index (χ1v) is 6.86. The second-order valence-corrected chi connectivity index (χ2v) is 5.87. The number of hydrogen-bond donors (Lipinski definition) is 2. The molecule has 16 heavy (non-hydrogen) atoms. The van der Waals surface area contributed by atoms with E-state index < -0.39 is 5.97 Å². The first-order valence-electron chi connectivity index (χ1n) is 5.81. The summed E-state index contributed by atoms with van der Waals surface area (Å²) >= 11 is 1.71. The van der Waals surface area contributed by atoms with Gasteiger partial charge in [-0.2, -0.15) is 0 Å². The predicted octanol–water partition coefficient (Wildman–Crippen LogP) is 1.25. The monoisotopic (exact) mass is 243 g/mol. The smallest absolute Gasteiger partial charge is 0.306 e. The normalized spacial score (nSPS) is 33.9. The van der Waals surface area contributed by atoms with E-state index in [2.05, 4.69) is 5.32 Å². The van der Waals surface area contributed by atoms with Crippen molar-refractivity contribution in [3.8, 4) is 0 Å². The number of carbonyl (C=O) groups excluding carboxylic acids is 1. The molecule has 2 aliphatic rings. The van der Waals surface area contributed by atoms with Crippen molar-refractivity contribution < 1.29 is 14.7 Å². The van der Waals surface area contributed by atoms with Gasteiger partial charge in [-0.15, -0.1) is 11.8 Å². The average molecular weight is 243 g/mol. The van der Waals surface area contributed by atoms with E-state index in [1.54, 1.807) is 11.8 Å². The molecule has 1 amide bonds. The Bertz CT molecular complexity index is 289. The van der Waals surface area contributed by atoms with Crippen molar-refractivity contribution in [3.05, 3.63) is 0 Å². The third-order valence-electron chi connectivity index (χ3n) is 3.35. The molecule has 1 saturated carbocycles. The Morgan fingerprint density at radius 2 is 2.06 bits per heavy atom. The van der Waals surface area contributed by atoms with Crippen LogP contribution in [0, 0.1) is 5.92 Å². The number of amides is 1. The van der Waals surface area contributed by atoms with E-state index in [4.69, 9.17) is 5.11 Å². The van der Waals surface area contributed by atoms with Gasteiger partial charge in [0.15, 0.2) is 0 Å². The minimum absolute atomic E-state index is 0.0785. The largest absolute Gasteiger partial charge is 0.481 e. The standard InChI is InChI=1S/C11H17NO3S/c13-10(9-2-1-5-16-9)12-8-4-3-7(6-8)11(14)15/h7-9H,1-6H2,(H,12,13)(H,14,15)/t7-,8+,9?/m1/s1. The molecule has 0 radical (unpaired) electrons. The molecule has 1 heterocycles. The third-order valence-corrected chi connectivity index (χ3v) is 4.73. The van der Waals surface area contributed by atoms with Crippen LogP contribution < -0.4 is 5.32 Å². The summed E-state index contributed by atoms with van der Waals surface area (Å²) in [5, 5.41) is 11.9. The van der Waals surface area contributed by atoms with Crippen LogP contribution in [0.15, 0.2) is 0 Å². The second kappa shape index (κ2) is 5.08. The summed E-state index contributed by atoms with van der Waals surface area (Å²) < 4.78 is 0. The lowest BCUT2D eigenvalue weighted by atomic mass is 10.1. The predicted molar refractivity (Wildman–Crippen MR) is 62.4 cm³/mol.